The number of fused-ring (bicyclic) bond motifs is 1. The van der Waals surface area contributed by atoms with Crippen molar-refractivity contribution < 1.29 is 13.2 Å². The zero-order valence-electron chi connectivity index (χ0n) is 12.2. The molecule has 1 heterocycles. The van der Waals surface area contributed by atoms with Crippen LogP contribution in [0.3, 0.4) is 0 Å². The molecule has 4 nitrogen and oxygen atoms in total. The van der Waals surface area contributed by atoms with Crippen molar-refractivity contribution in [3.8, 4) is 5.69 Å². The molecule has 0 saturated carbocycles. The van der Waals surface area contributed by atoms with E-state index >= 15 is 0 Å². The Balaban J connectivity index is 2.53. The fourth-order valence-corrected chi connectivity index (χ4v) is 2.79. The Bertz CT molecular complexity index is 1070. The van der Waals surface area contributed by atoms with Gasteiger partial charge in [-0.1, -0.05) is 23.7 Å². The number of alkyl halides is 3. The van der Waals surface area contributed by atoms with Crippen LogP contribution in [0.5, 0.6) is 0 Å². The molecule has 0 spiro atoms. The van der Waals surface area contributed by atoms with Gasteiger partial charge >= 0.3 is 11.9 Å². The summed E-state index contributed by atoms with van der Waals surface area (Å²) in [6, 6.07) is 8.10. The molecule has 0 amide bonds. The minimum Gasteiger partial charge on any atom is -0.273 e. The summed E-state index contributed by atoms with van der Waals surface area (Å²) in [6.07, 6.45) is -4.61. The number of rotatable bonds is 1. The second kappa shape index (κ2) is 5.52. The van der Waals surface area contributed by atoms with E-state index in [4.69, 9.17) is 11.6 Å². The summed E-state index contributed by atoms with van der Waals surface area (Å²) in [5.74, 6) is 0. The van der Waals surface area contributed by atoms with Crippen molar-refractivity contribution in [2.45, 2.75) is 13.1 Å². The summed E-state index contributed by atoms with van der Waals surface area (Å²) in [6.45, 7) is 1.26. The lowest BCUT2D eigenvalue weighted by Crippen LogP contribution is -2.30. The predicted molar refractivity (Wildman–Crippen MR) is 84.9 cm³/mol. The molecular weight excluding hydrogens is 345 g/mol. The van der Waals surface area contributed by atoms with Crippen LogP contribution in [-0.4, -0.2) is 9.55 Å². The first kappa shape index (κ1) is 16.3. The van der Waals surface area contributed by atoms with Gasteiger partial charge in [0.05, 0.1) is 27.2 Å². The van der Waals surface area contributed by atoms with Crippen LogP contribution in [0.1, 0.15) is 11.1 Å². The summed E-state index contributed by atoms with van der Waals surface area (Å²) >= 11 is 6.06. The normalized spacial score (nSPS) is 11.9. The Labute approximate surface area is 138 Å². The van der Waals surface area contributed by atoms with Crippen LogP contribution in [0.2, 0.25) is 5.02 Å². The second-order valence-corrected chi connectivity index (χ2v) is 5.64. The lowest BCUT2D eigenvalue weighted by molar-refractivity contribution is -0.137. The highest BCUT2D eigenvalue weighted by atomic mass is 35.5. The molecule has 0 atom stereocenters. The highest BCUT2D eigenvalue weighted by molar-refractivity contribution is 6.32. The van der Waals surface area contributed by atoms with E-state index in [0.29, 0.717) is 0 Å². The van der Waals surface area contributed by atoms with Crippen molar-refractivity contribution in [1.82, 2.24) is 9.55 Å². The molecule has 0 aliphatic rings. The molecule has 0 bridgehead atoms. The third-order valence-electron chi connectivity index (χ3n) is 3.65. The molecule has 1 N–H and O–H groups in total. The van der Waals surface area contributed by atoms with Gasteiger partial charge in [0.15, 0.2) is 0 Å². The lowest BCUT2D eigenvalue weighted by atomic mass is 10.0. The monoisotopic (exact) mass is 354 g/mol. The number of nitrogens with one attached hydrogen (secondary N) is 1. The third kappa shape index (κ3) is 2.60. The van der Waals surface area contributed by atoms with Gasteiger partial charge in [-0.15, -0.1) is 0 Å². The van der Waals surface area contributed by atoms with Gasteiger partial charge in [-0.2, -0.15) is 13.2 Å². The smallest absolute Gasteiger partial charge is 0.273 e. The Morgan fingerprint density at radius 1 is 1.12 bits per heavy atom. The van der Waals surface area contributed by atoms with Crippen molar-refractivity contribution >= 4 is 22.5 Å². The van der Waals surface area contributed by atoms with E-state index < -0.39 is 23.0 Å². The van der Waals surface area contributed by atoms with Gasteiger partial charge in [-0.05, 0) is 36.8 Å². The van der Waals surface area contributed by atoms with Gasteiger partial charge in [0.2, 0.25) is 0 Å². The number of hydrogen-bond donors (Lipinski definition) is 1. The van der Waals surface area contributed by atoms with Gasteiger partial charge in [0, 0.05) is 0 Å². The molecule has 8 heteroatoms. The van der Waals surface area contributed by atoms with Gasteiger partial charge in [-0.3, -0.25) is 14.3 Å². The maximum atomic E-state index is 13.2. The zero-order valence-corrected chi connectivity index (χ0v) is 13.0. The predicted octanol–water partition coefficient (Wildman–Crippen LogP) is 3.66. The molecule has 0 radical (unpaired) electrons. The first-order chi connectivity index (χ1) is 11.2. The molecule has 0 aliphatic heterocycles. The highest BCUT2D eigenvalue weighted by Gasteiger charge is 2.33. The lowest BCUT2D eigenvalue weighted by Gasteiger charge is -2.15. The van der Waals surface area contributed by atoms with Crippen molar-refractivity contribution in [1.29, 1.82) is 0 Å². The maximum absolute atomic E-state index is 13.2. The fraction of sp³-hybridized carbons (Fsp3) is 0.125. The highest BCUT2D eigenvalue weighted by Crippen LogP contribution is 2.34. The number of hydrogen-bond acceptors (Lipinski definition) is 2. The molecule has 3 aromatic rings. The molecule has 0 unspecified atom stereocenters. The minimum absolute atomic E-state index is 0.0278. The van der Waals surface area contributed by atoms with E-state index in [0.717, 1.165) is 16.7 Å². The average Bonchev–Trinajstić information content (AvgIpc) is 2.48. The Hall–Kier alpha value is -2.54. The summed E-state index contributed by atoms with van der Waals surface area (Å²) in [5.41, 5.74) is -2.62. The van der Waals surface area contributed by atoms with Gasteiger partial charge in [0.1, 0.15) is 0 Å². The zero-order chi connectivity index (χ0) is 17.6. The largest absolute Gasteiger partial charge is 0.416 e. The summed E-state index contributed by atoms with van der Waals surface area (Å²) in [7, 11) is 0. The van der Waals surface area contributed by atoms with Crippen molar-refractivity contribution in [3.05, 3.63) is 73.4 Å². The van der Waals surface area contributed by atoms with Gasteiger partial charge < -0.3 is 0 Å². The molecule has 2 aromatic carbocycles. The molecular formula is C16H10ClF3N2O2. The van der Waals surface area contributed by atoms with Gasteiger partial charge in [0.25, 0.3) is 5.56 Å². The third-order valence-corrected chi connectivity index (χ3v) is 3.97. The summed E-state index contributed by atoms with van der Waals surface area (Å²) < 4.78 is 40.5. The van der Waals surface area contributed by atoms with E-state index in [9.17, 15) is 22.8 Å². The standard InChI is InChI=1S/C16H10ClF3N2O2/c1-8-6-9-13(7-10(8)16(18,19)20)22(15(24)21-14(9)23)12-5-3-2-4-11(12)17/h2-7H,1H3,(H,21,23,24). The van der Waals surface area contributed by atoms with Crippen LogP contribution < -0.4 is 11.2 Å². The average molecular weight is 355 g/mol. The maximum Gasteiger partial charge on any atom is 0.416 e. The van der Waals surface area contributed by atoms with E-state index in [2.05, 4.69) is 4.98 Å². The number of para-hydroxylation sites is 1. The number of nitrogens with zero attached hydrogens (tertiary/aromatic N) is 1. The van der Waals surface area contributed by atoms with E-state index in [1.807, 2.05) is 0 Å². The van der Waals surface area contributed by atoms with Crippen LogP contribution in [-0.2, 0) is 6.18 Å². The number of H-pyrrole nitrogens is 1. The van der Waals surface area contributed by atoms with Crippen molar-refractivity contribution in [2.24, 2.45) is 0 Å². The summed E-state index contributed by atoms with van der Waals surface area (Å²) in [4.78, 5) is 26.3. The number of benzene rings is 2. The minimum atomic E-state index is -4.61. The quantitative estimate of drug-likeness (QED) is 0.725. The SMILES string of the molecule is Cc1cc2c(=O)[nH]c(=O)n(-c3ccccc3Cl)c2cc1C(F)(F)F. The van der Waals surface area contributed by atoms with Crippen LogP contribution in [0, 0.1) is 6.92 Å². The Morgan fingerprint density at radius 2 is 1.79 bits per heavy atom. The first-order valence-electron chi connectivity index (χ1n) is 6.82. The summed E-state index contributed by atoms with van der Waals surface area (Å²) in [5, 5.41) is 0.141. The molecule has 124 valence electrons. The molecule has 3 rings (SSSR count). The van der Waals surface area contributed by atoms with E-state index in [-0.39, 0.29) is 27.2 Å². The van der Waals surface area contributed by atoms with Crippen LogP contribution in [0.25, 0.3) is 16.6 Å². The second-order valence-electron chi connectivity index (χ2n) is 5.23. The number of aromatic amines is 1. The van der Waals surface area contributed by atoms with Gasteiger partial charge in [-0.25, -0.2) is 4.79 Å². The van der Waals surface area contributed by atoms with E-state index in [1.54, 1.807) is 12.1 Å². The van der Waals surface area contributed by atoms with Crippen molar-refractivity contribution in [2.75, 3.05) is 0 Å². The Morgan fingerprint density at radius 3 is 2.42 bits per heavy atom. The van der Waals surface area contributed by atoms with Crippen molar-refractivity contribution in [3.63, 3.8) is 0 Å². The number of aryl methyl sites for hydroxylation is 1. The molecule has 24 heavy (non-hydrogen) atoms. The van der Waals surface area contributed by atoms with E-state index in [1.165, 1.54) is 19.1 Å². The molecule has 1 aromatic heterocycles. The van der Waals surface area contributed by atoms with Crippen LogP contribution in [0.15, 0.2) is 46.0 Å². The molecule has 0 fully saturated rings. The van der Waals surface area contributed by atoms with Crippen LogP contribution in [0.4, 0.5) is 13.2 Å². The van der Waals surface area contributed by atoms with Crippen LogP contribution >= 0.6 is 11.6 Å². The number of aromatic nitrogens is 2. The topological polar surface area (TPSA) is 54.9 Å². The molecule has 0 saturated heterocycles. The fourth-order valence-electron chi connectivity index (χ4n) is 2.57. The first-order valence-corrected chi connectivity index (χ1v) is 7.20. The Kier molecular flexibility index (Phi) is 3.76. The number of halogens is 4. The molecule has 0 aliphatic carbocycles.